The summed E-state index contributed by atoms with van der Waals surface area (Å²) in [6, 6.07) is -0.529. The van der Waals surface area contributed by atoms with Gasteiger partial charge >= 0.3 is 5.97 Å². The summed E-state index contributed by atoms with van der Waals surface area (Å²) in [6.07, 6.45) is 0.190. The van der Waals surface area contributed by atoms with E-state index in [1.54, 1.807) is 18.9 Å². The zero-order valence-electron chi connectivity index (χ0n) is 8.28. The van der Waals surface area contributed by atoms with Crippen LogP contribution in [0.4, 0.5) is 0 Å². The molecule has 0 aliphatic rings. The van der Waals surface area contributed by atoms with E-state index in [4.69, 9.17) is 10.5 Å². The average Bonchev–Trinajstić information content (AvgIpc) is 2.15. The Hall–Kier alpha value is -0.260. The lowest BCUT2D eigenvalue weighted by molar-refractivity contribution is -0.141. The molecule has 0 aliphatic heterocycles. The molecule has 78 valence electrons. The van der Waals surface area contributed by atoms with Crippen molar-refractivity contribution in [3.8, 4) is 0 Å². The normalized spacial score (nSPS) is 15.1. The fourth-order valence-corrected chi connectivity index (χ4v) is 1.64. The highest BCUT2D eigenvalue weighted by atomic mass is 32.2. The van der Waals surface area contributed by atoms with Crippen LogP contribution in [-0.2, 0) is 14.3 Å². The molecule has 0 bridgehead atoms. The summed E-state index contributed by atoms with van der Waals surface area (Å²) < 4.78 is 9.53. The van der Waals surface area contributed by atoms with E-state index in [1.165, 1.54) is 7.11 Å². The third kappa shape index (κ3) is 5.90. The Balaban J connectivity index is 3.47. The van der Waals surface area contributed by atoms with Gasteiger partial charge in [0.1, 0.15) is 6.04 Å². The molecule has 2 unspecified atom stereocenters. The van der Waals surface area contributed by atoms with Crippen molar-refractivity contribution < 1.29 is 14.3 Å². The molecular formula is C8H17NO3S. The Morgan fingerprint density at radius 1 is 1.46 bits per heavy atom. The Kier molecular flexibility index (Phi) is 7.03. The monoisotopic (exact) mass is 207 g/mol. The number of methoxy groups -OCH3 is 2. The van der Waals surface area contributed by atoms with E-state index in [2.05, 4.69) is 4.74 Å². The van der Waals surface area contributed by atoms with E-state index in [0.29, 0.717) is 5.75 Å². The zero-order valence-corrected chi connectivity index (χ0v) is 9.10. The molecule has 0 amide bonds. The maximum atomic E-state index is 10.9. The lowest BCUT2D eigenvalue weighted by Crippen LogP contribution is -2.34. The standard InChI is InChI=1S/C8H17NO3S/c1-6(11-2)4-13-5-7(9)8(10)12-3/h6-7H,4-5,9H2,1-3H3. The molecule has 2 N–H and O–H groups in total. The average molecular weight is 207 g/mol. The van der Waals surface area contributed by atoms with Crippen LogP contribution in [0.5, 0.6) is 0 Å². The SMILES string of the molecule is COC(=O)C(N)CSCC(C)OC. The van der Waals surface area contributed by atoms with Crippen LogP contribution < -0.4 is 5.73 Å². The Morgan fingerprint density at radius 3 is 2.54 bits per heavy atom. The first-order chi connectivity index (χ1) is 6.11. The Labute approximate surface area is 83.1 Å². The van der Waals surface area contributed by atoms with Crippen LogP contribution in [0.25, 0.3) is 0 Å². The molecule has 0 radical (unpaired) electrons. The van der Waals surface area contributed by atoms with E-state index in [9.17, 15) is 4.79 Å². The summed E-state index contributed by atoms with van der Waals surface area (Å²) in [4.78, 5) is 10.9. The van der Waals surface area contributed by atoms with E-state index in [-0.39, 0.29) is 12.1 Å². The Bertz CT molecular complexity index is 154. The molecule has 0 saturated heterocycles. The van der Waals surface area contributed by atoms with Gasteiger partial charge in [-0.1, -0.05) is 0 Å². The van der Waals surface area contributed by atoms with Crippen LogP contribution in [0.15, 0.2) is 0 Å². The van der Waals surface area contributed by atoms with Crippen molar-refractivity contribution in [2.24, 2.45) is 5.73 Å². The van der Waals surface area contributed by atoms with Crippen molar-refractivity contribution in [1.29, 1.82) is 0 Å². The molecule has 2 atom stereocenters. The van der Waals surface area contributed by atoms with Crippen LogP contribution in [0.1, 0.15) is 6.92 Å². The van der Waals surface area contributed by atoms with Gasteiger partial charge in [0.2, 0.25) is 0 Å². The number of carbonyl (C=O) groups excluding carboxylic acids is 1. The van der Waals surface area contributed by atoms with Gasteiger partial charge in [-0.25, -0.2) is 0 Å². The van der Waals surface area contributed by atoms with E-state index >= 15 is 0 Å². The second-order valence-electron chi connectivity index (χ2n) is 2.71. The molecular weight excluding hydrogens is 190 g/mol. The molecule has 0 aromatic heterocycles. The van der Waals surface area contributed by atoms with E-state index < -0.39 is 6.04 Å². The minimum Gasteiger partial charge on any atom is -0.468 e. The summed E-state index contributed by atoms with van der Waals surface area (Å²) in [7, 11) is 3.00. The molecule has 0 saturated carbocycles. The number of carbonyl (C=O) groups is 1. The van der Waals surface area contributed by atoms with Crippen LogP contribution in [0.3, 0.4) is 0 Å². The first-order valence-corrected chi connectivity index (χ1v) is 5.21. The predicted molar refractivity (Wildman–Crippen MR) is 53.8 cm³/mol. The number of thioether (sulfide) groups is 1. The van der Waals surface area contributed by atoms with Crippen molar-refractivity contribution in [3.05, 3.63) is 0 Å². The molecule has 0 aromatic rings. The molecule has 0 fully saturated rings. The quantitative estimate of drug-likeness (QED) is 0.633. The number of hydrogen-bond acceptors (Lipinski definition) is 5. The van der Waals surface area contributed by atoms with Gasteiger partial charge in [0.15, 0.2) is 0 Å². The van der Waals surface area contributed by atoms with Crippen molar-refractivity contribution in [2.45, 2.75) is 19.1 Å². The van der Waals surface area contributed by atoms with Gasteiger partial charge in [-0.3, -0.25) is 4.79 Å². The zero-order chi connectivity index (χ0) is 10.3. The van der Waals surface area contributed by atoms with Gasteiger partial charge in [0, 0.05) is 18.6 Å². The van der Waals surface area contributed by atoms with E-state index in [0.717, 1.165) is 5.75 Å². The summed E-state index contributed by atoms with van der Waals surface area (Å²) in [5.41, 5.74) is 5.52. The van der Waals surface area contributed by atoms with Crippen LogP contribution in [0, 0.1) is 0 Å². The predicted octanol–water partition coefficient (Wildman–Crippen LogP) is 0.255. The van der Waals surface area contributed by atoms with Gasteiger partial charge in [0.05, 0.1) is 13.2 Å². The molecule has 5 heteroatoms. The van der Waals surface area contributed by atoms with Gasteiger partial charge in [-0.15, -0.1) is 0 Å². The molecule has 4 nitrogen and oxygen atoms in total. The minimum atomic E-state index is -0.529. The van der Waals surface area contributed by atoms with Crippen molar-refractivity contribution in [2.75, 3.05) is 25.7 Å². The van der Waals surface area contributed by atoms with Crippen LogP contribution >= 0.6 is 11.8 Å². The minimum absolute atomic E-state index is 0.190. The van der Waals surface area contributed by atoms with Crippen molar-refractivity contribution in [1.82, 2.24) is 0 Å². The number of nitrogens with two attached hydrogens (primary N) is 1. The van der Waals surface area contributed by atoms with E-state index in [1.807, 2.05) is 6.92 Å². The highest BCUT2D eigenvalue weighted by Gasteiger charge is 2.13. The first kappa shape index (κ1) is 12.7. The van der Waals surface area contributed by atoms with Gasteiger partial charge in [0.25, 0.3) is 0 Å². The topological polar surface area (TPSA) is 61.5 Å². The lowest BCUT2D eigenvalue weighted by Gasteiger charge is -2.11. The molecule has 0 aromatic carbocycles. The summed E-state index contributed by atoms with van der Waals surface area (Å²) >= 11 is 1.59. The number of hydrogen-bond donors (Lipinski definition) is 1. The third-order valence-corrected chi connectivity index (χ3v) is 2.86. The van der Waals surface area contributed by atoms with Gasteiger partial charge in [-0.05, 0) is 6.92 Å². The molecule has 13 heavy (non-hydrogen) atoms. The first-order valence-electron chi connectivity index (χ1n) is 4.05. The lowest BCUT2D eigenvalue weighted by atomic mass is 10.4. The van der Waals surface area contributed by atoms with Gasteiger partial charge in [-0.2, -0.15) is 11.8 Å². The molecule has 0 aliphatic carbocycles. The van der Waals surface area contributed by atoms with Crippen molar-refractivity contribution >= 4 is 17.7 Å². The third-order valence-electron chi connectivity index (χ3n) is 1.56. The fourth-order valence-electron chi connectivity index (χ4n) is 0.648. The summed E-state index contributed by atoms with van der Waals surface area (Å²) in [6.45, 7) is 1.97. The fraction of sp³-hybridized carbons (Fsp3) is 0.875. The highest BCUT2D eigenvalue weighted by molar-refractivity contribution is 7.99. The van der Waals surface area contributed by atoms with Crippen molar-refractivity contribution in [3.63, 3.8) is 0 Å². The number of ether oxygens (including phenoxy) is 2. The molecule has 0 heterocycles. The number of rotatable bonds is 6. The highest BCUT2D eigenvalue weighted by Crippen LogP contribution is 2.06. The summed E-state index contributed by atoms with van der Waals surface area (Å²) in [5, 5.41) is 0. The van der Waals surface area contributed by atoms with Crippen LogP contribution in [0.2, 0.25) is 0 Å². The second kappa shape index (κ2) is 7.17. The molecule has 0 spiro atoms. The Morgan fingerprint density at radius 2 is 2.08 bits per heavy atom. The second-order valence-corrected chi connectivity index (χ2v) is 3.79. The maximum Gasteiger partial charge on any atom is 0.323 e. The maximum absolute atomic E-state index is 10.9. The van der Waals surface area contributed by atoms with Crippen LogP contribution in [-0.4, -0.2) is 43.8 Å². The number of esters is 1. The smallest absolute Gasteiger partial charge is 0.323 e. The largest absolute Gasteiger partial charge is 0.468 e. The summed E-state index contributed by atoms with van der Waals surface area (Å²) in [5.74, 6) is 1.04. The van der Waals surface area contributed by atoms with Gasteiger partial charge < -0.3 is 15.2 Å². The molecule has 0 rings (SSSR count).